The first-order chi connectivity index (χ1) is 13.8. The zero-order valence-electron chi connectivity index (χ0n) is 17.1. The lowest BCUT2D eigenvalue weighted by molar-refractivity contribution is -0.384. The molecule has 1 fully saturated rings. The number of nitro benzene ring substituents is 1. The second-order valence-corrected chi connectivity index (χ2v) is 7.86. The van der Waals surface area contributed by atoms with E-state index in [9.17, 15) is 14.9 Å². The molecule has 1 heterocycles. The first kappa shape index (κ1) is 20.6. The number of aryl methyl sites for hydroxylation is 1. The van der Waals surface area contributed by atoms with E-state index in [0.29, 0.717) is 17.3 Å². The number of hydrogen-bond acceptors (Lipinski definition) is 5. The Kier molecular flexibility index (Phi) is 6.36. The summed E-state index contributed by atoms with van der Waals surface area (Å²) in [7, 11) is 0. The molecule has 2 aromatic carbocycles. The van der Waals surface area contributed by atoms with Crippen LogP contribution >= 0.6 is 0 Å². The summed E-state index contributed by atoms with van der Waals surface area (Å²) in [6, 6.07) is 13.3. The van der Waals surface area contributed by atoms with Crippen LogP contribution < -0.4 is 15.5 Å². The monoisotopic (exact) mass is 396 g/mol. The molecule has 154 valence electrons. The van der Waals surface area contributed by atoms with Gasteiger partial charge in [0.05, 0.1) is 4.92 Å². The largest absolute Gasteiger partial charge is 0.382 e. The van der Waals surface area contributed by atoms with Gasteiger partial charge in [-0.25, -0.2) is 0 Å². The highest BCUT2D eigenvalue weighted by atomic mass is 16.6. The first-order valence-electron chi connectivity index (χ1n) is 10.0. The van der Waals surface area contributed by atoms with Crippen molar-refractivity contribution in [3.05, 3.63) is 63.7 Å². The Bertz CT molecular complexity index is 889. The standard InChI is InChI=1S/C22H28N4O3/c1-15(2)23-22(27)17-7-8-20(21(14-17)26(28)29)25-11-9-18(10-12-25)24-19-6-4-5-16(3)13-19/h4-8,13-15,18,24H,9-12H2,1-3H3,(H,23,27). The number of nitrogens with zero attached hydrogens (tertiary/aromatic N) is 2. The lowest BCUT2D eigenvalue weighted by atomic mass is 10.0. The van der Waals surface area contributed by atoms with Gasteiger partial charge in [-0.05, 0) is 63.4 Å². The van der Waals surface area contributed by atoms with Gasteiger partial charge in [-0.2, -0.15) is 0 Å². The molecular weight excluding hydrogens is 368 g/mol. The van der Waals surface area contributed by atoms with Crippen LogP contribution in [0.25, 0.3) is 0 Å². The summed E-state index contributed by atoms with van der Waals surface area (Å²) in [4.78, 5) is 25.5. The number of rotatable bonds is 6. The number of piperidine rings is 1. The maximum absolute atomic E-state index is 12.2. The highest BCUT2D eigenvalue weighted by molar-refractivity contribution is 5.96. The number of nitro groups is 1. The Morgan fingerprint density at radius 3 is 2.52 bits per heavy atom. The van der Waals surface area contributed by atoms with Crippen molar-refractivity contribution < 1.29 is 9.72 Å². The van der Waals surface area contributed by atoms with Crippen LogP contribution in [0.15, 0.2) is 42.5 Å². The van der Waals surface area contributed by atoms with E-state index in [0.717, 1.165) is 31.6 Å². The molecular formula is C22H28N4O3. The minimum Gasteiger partial charge on any atom is -0.382 e. The van der Waals surface area contributed by atoms with Crippen molar-refractivity contribution in [2.24, 2.45) is 0 Å². The van der Waals surface area contributed by atoms with Crippen LogP contribution in [0, 0.1) is 17.0 Å². The molecule has 1 amide bonds. The van der Waals surface area contributed by atoms with Gasteiger partial charge in [0.15, 0.2) is 0 Å². The normalized spacial score (nSPS) is 14.7. The SMILES string of the molecule is Cc1cccc(NC2CCN(c3ccc(C(=O)NC(C)C)cc3[N+](=O)[O-])CC2)c1. The Morgan fingerprint density at radius 2 is 1.90 bits per heavy atom. The lowest BCUT2D eigenvalue weighted by Gasteiger charge is -2.34. The van der Waals surface area contributed by atoms with Crippen LogP contribution in [0.5, 0.6) is 0 Å². The Balaban J connectivity index is 1.69. The number of hydrogen-bond donors (Lipinski definition) is 2. The number of benzene rings is 2. The number of amides is 1. The average molecular weight is 396 g/mol. The van der Waals surface area contributed by atoms with Crippen molar-refractivity contribution in [1.29, 1.82) is 0 Å². The van der Waals surface area contributed by atoms with Crippen molar-refractivity contribution in [3.63, 3.8) is 0 Å². The van der Waals surface area contributed by atoms with Crippen molar-refractivity contribution in [3.8, 4) is 0 Å². The highest BCUT2D eigenvalue weighted by Crippen LogP contribution is 2.32. The molecule has 0 spiro atoms. The average Bonchev–Trinajstić information content (AvgIpc) is 2.67. The van der Waals surface area contributed by atoms with E-state index in [1.54, 1.807) is 12.1 Å². The fourth-order valence-corrected chi connectivity index (χ4v) is 3.66. The van der Waals surface area contributed by atoms with Crippen LogP contribution in [0.4, 0.5) is 17.1 Å². The summed E-state index contributed by atoms with van der Waals surface area (Å²) >= 11 is 0. The topological polar surface area (TPSA) is 87.5 Å². The second kappa shape index (κ2) is 8.94. The molecule has 7 nitrogen and oxygen atoms in total. The fraction of sp³-hybridized carbons (Fsp3) is 0.409. The van der Waals surface area contributed by atoms with Gasteiger partial charge in [-0.3, -0.25) is 14.9 Å². The van der Waals surface area contributed by atoms with E-state index < -0.39 is 4.92 Å². The smallest absolute Gasteiger partial charge is 0.293 e. The quantitative estimate of drug-likeness (QED) is 0.566. The minimum absolute atomic E-state index is 0.0218. The molecule has 1 aliphatic heterocycles. The fourth-order valence-electron chi connectivity index (χ4n) is 3.66. The van der Waals surface area contributed by atoms with E-state index in [2.05, 4.69) is 35.8 Å². The van der Waals surface area contributed by atoms with E-state index >= 15 is 0 Å². The third-order valence-electron chi connectivity index (χ3n) is 5.08. The van der Waals surface area contributed by atoms with Gasteiger partial charge in [0.2, 0.25) is 0 Å². The van der Waals surface area contributed by atoms with Crippen molar-refractivity contribution in [2.45, 2.75) is 45.7 Å². The maximum Gasteiger partial charge on any atom is 0.293 e. The van der Waals surface area contributed by atoms with Crippen LogP contribution in [-0.4, -0.2) is 36.0 Å². The van der Waals surface area contributed by atoms with Gasteiger partial charge >= 0.3 is 0 Å². The molecule has 1 saturated heterocycles. The molecule has 29 heavy (non-hydrogen) atoms. The molecule has 2 aromatic rings. The van der Waals surface area contributed by atoms with Crippen LogP contribution in [0.2, 0.25) is 0 Å². The summed E-state index contributed by atoms with van der Waals surface area (Å²) in [6.45, 7) is 7.23. The molecule has 0 radical (unpaired) electrons. The van der Waals surface area contributed by atoms with Gasteiger partial charge in [0.1, 0.15) is 5.69 Å². The van der Waals surface area contributed by atoms with E-state index in [1.165, 1.54) is 11.6 Å². The third kappa shape index (κ3) is 5.25. The minimum atomic E-state index is -0.404. The molecule has 1 aliphatic rings. The highest BCUT2D eigenvalue weighted by Gasteiger charge is 2.26. The van der Waals surface area contributed by atoms with Crippen molar-refractivity contribution in [2.75, 3.05) is 23.3 Å². The third-order valence-corrected chi connectivity index (χ3v) is 5.08. The van der Waals surface area contributed by atoms with E-state index in [4.69, 9.17) is 0 Å². The lowest BCUT2D eigenvalue weighted by Crippen LogP contribution is -2.39. The predicted octanol–water partition coefficient (Wildman–Crippen LogP) is 4.12. The molecule has 0 saturated carbocycles. The van der Waals surface area contributed by atoms with Gasteiger partial charge in [0.25, 0.3) is 11.6 Å². The van der Waals surface area contributed by atoms with Gasteiger partial charge < -0.3 is 15.5 Å². The van der Waals surface area contributed by atoms with E-state index in [-0.39, 0.29) is 17.6 Å². The Labute approximate surface area is 171 Å². The summed E-state index contributed by atoms with van der Waals surface area (Å²) in [6.07, 6.45) is 1.78. The van der Waals surface area contributed by atoms with Crippen molar-refractivity contribution in [1.82, 2.24) is 5.32 Å². The van der Waals surface area contributed by atoms with Gasteiger partial charge in [-0.1, -0.05) is 12.1 Å². The molecule has 2 N–H and O–H groups in total. The molecule has 7 heteroatoms. The van der Waals surface area contributed by atoms with E-state index in [1.807, 2.05) is 24.8 Å². The van der Waals surface area contributed by atoms with Gasteiger partial charge in [0, 0.05) is 42.5 Å². The van der Waals surface area contributed by atoms with Crippen LogP contribution in [0.1, 0.15) is 42.6 Å². The predicted molar refractivity (Wildman–Crippen MR) is 116 cm³/mol. The molecule has 0 aromatic heterocycles. The first-order valence-corrected chi connectivity index (χ1v) is 10.0. The van der Waals surface area contributed by atoms with Crippen LogP contribution in [-0.2, 0) is 0 Å². The molecule has 0 aliphatic carbocycles. The number of carbonyl (C=O) groups excluding carboxylic acids is 1. The number of carbonyl (C=O) groups is 1. The number of anilines is 2. The molecule has 0 atom stereocenters. The summed E-state index contributed by atoms with van der Waals surface area (Å²) in [5.41, 5.74) is 3.18. The molecule has 0 bridgehead atoms. The summed E-state index contributed by atoms with van der Waals surface area (Å²) in [5.74, 6) is -0.296. The molecule has 0 unspecified atom stereocenters. The molecule has 3 rings (SSSR count). The zero-order chi connectivity index (χ0) is 21.0. The number of nitrogens with one attached hydrogen (secondary N) is 2. The summed E-state index contributed by atoms with van der Waals surface area (Å²) < 4.78 is 0. The van der Waals surface area contributed by atoms with Crippen LogP contribution in [0.3, 0.4) is 0 Å². The second-order valence-electron chi connectivity index (χ2n) is 7.86. The Hall–Kier alpha value is -3.09. The zero-order valence-corrected chi connectivity index (χ0v) is 17.1. The van der Waals surface area contributed by atoms with Crippen molar-refractivity contribution >= 4 is 23.0 Å². The maximum atomic E-state index is 12.2. The van der Waals surface area contributed by atoms with Gasteiger partial charge in [-0.15, -0.1) is 0 Å². The Morgan fingerprint density at radius 1 is 1.17 bits per heavy atom. The summed E-state index contributed by atoms with van der Waals surface area (Å²) in [5, 5.41) is 18.0.